The van der Waals surface area contributed by atoms with E-state index in [1.54, 1.807) is 11.3 Å². The minimum Gasteiger partial charge on any atom is -0.388 e. The van der Waals surface area contributed by atoms with Crippen molar-refractivity contribution in [3.63, 3.8) is 0 Å². The fourth-order valence-electron chi connectivity index (χ4n) is 2.88. The number of ether oxygens (including phenoxy) is 1. The maximum absolute atomic E-state index is 10.8. The lowest BCUT2D eigenvalue weighted by molar-refractivity contribution is -0.0822. The van der Waals surface area contributed by atoms with Gasteiger partial charge in [-0.05, 0) is 5.56 Å². The molecule has 3 rings (SSSR count). The van der Waals surface area contributed by atoms with Gasteiger partial charge in [-0.15, -0.1) is 11.3 Å². The minimum absolute atomic E-state index is 0.645. The van der Waals surface area contributed by atoms with Crippen LogP contribution in [0, 0.1) is 0 Å². The Balaban J connectivity index is 1.70. The van der Waals surface area contributed by atoms with Gasteiger partial charge in [-0.3, -0.25) is 4.90 Å². The summed E-state index contributed by atoms with van der Waals surface area (Å²) in [7, 11) is 0. The van der Waals surface area contributed by atoms with Crippen LogP contribution in [-0.2, 0) is 17.8 Å². The third kappa shape index (κ3) is 4.36. The van der Waals surface area contributed by atoms with Crippen molar-refractivity contribution < 1.29 is 9.84 Å². The molecule has 2 heterocycles. The molecular formula is C17H22N2O2S. The lowest BCUT2D eigenvalue weighted by Crippen LogP contribution is -2.46. The number of hydrogen-bond donors (Lipinski definition) is 1. The molecule has 0 atom stereocenters. The number of aromatic nitrogens is 1. The van der Waals surface area contributed by atoms with E-state index in [4.69, 9.17) is 4.74 Å². The topological polar surface area (TPSA) is 45.6 Å². The Morgan fingerprint density at radius 3 is 2.64 bits per heavy atom. The number of hydrogen-bond acceptors (Lipinski definition) is 5. The van der Waals surface area contributed by atoms with Gasteiger partial charge in [0.05, 0.1) is 16.8 Å². The van der Waals surface area contributed by atoms with Gasteiger partial charge < -0.3 is 9.84 Å². The third-order valence-electron chi connectivity index (χ3n) is 4.06. The predicted molar refractivity (Wildman–Crippen MR) is 87.7 cm³/mol. The van der Waals surface area contributed by atoms with Gasteiger partial charge in [0, 0.05) is 51.1 Å². The van der Waals surface area contributed by atoms with Crippen LogP contribution in [0.4, 0.5) is 0 Å². The number of benzene rings is 1. The molecule has 1 aliphatic rings. The number of thiazole rings is 1. The van der Waals surface area contributed by atoms with Gasteiger partial charge in [-0.2, -0.15) is 0 Å². The van der Waals surface area contributed by atoms with Crippen LogP contribution in [0.2, 0.25) is 0 Å². The Morgan fingerprint density at radius 1 is 1.18 bits per heavy atom. The highest BCUT2D eigenvalue weighted by molar-refractivity contribution is 7.07. The van der Waals surface area contributed by atoms with Crippen molar-refractivity contribution in [2.24, 2.45) is 0 Å². The van der Waals surface area contributed by atoms with Crippen LogP contribution >= 0.6 is 11.3 Å². The molecule has 5 heteroatoms. The van der Waals surface area contributed by atoms with Gasteiger partial charge in [0.1, 0.15) is 0 Å². The molecule has 22 heavy (non-hydrogen) atoms. The third-order valence-corrected chi connectivity index (χ3v) is 4.69. The zero-order valence-corrected chi connectivity index (χ0v) is 13.5. The number of nitrogens with zero attached hydrogens (tertiary/aromatic N) is 2. The molecule has 0 bridgehead atoms. The molecule has 0 amide bonds. The highest BCUT2D eigenvalue weighted by Crippen LogP contribution is 2.23. The lowest BCUT2D eigenvalue weighted by Gasteiger charge is -2.36. The van der Waals surface area contributed by atoms with E-state index in [1.165, 1.54) is 5.56 Å². The van der Waals surface area contributed by atoms with E-state index in [9.17, 15) is 5.11 Å². The summed E-state index contributed by atoms with van der Waals surface area (Å²) in [5.74, 6) is 0. The second-order valence-electron chi connectivity index (χ2n) is 5.95. The first kappa shape index (κ1) is 15.6. The lowest BCUT2D eigenvalue weighted by atomic mass is 9.93. The van der Waals surface area contributed by atoms with Crippen LogP contribution in [0.25, 0.3) is 0 Å². The summed E-state index contributed by atoms with van der Waals surface area (Å²) in [6.07, 6.45) is 1.41. The van der Waals surface area contributed by atoms with Gasteiger partial charge in [0.15, 0.2) is 0 Å². The van der Waals surface area contributed by atoms with Gasteiger partial charge in [-0.25, -0.2) is 4.98 Å². The second kappa shape index (κ2) is 7.33. The summed E-state index contributed by atoms with van der Waals surface area (Å²) in [5.41, 5.74) is 3.53. The first-order valence-electron chi connectivity index (χ1n) is 7.67. The molecular weight excluding hydrogens is 296 g/mol. The highest BCUT2D eigenvalue weighted by atomic mass is 32.1. The van der Waals surface area contributed by atoms with Crippen LogP contribution in [0.3, 0.4) is 0 Å². The van der Waals surface area contributed by atoms with Crippen molar-refractivity contribution in [3.8, 4) is 0 Å². The van der Waals surface area contributed by atoms with Crippen molar-refractivity contribution in [1.82, 2.24) is 9.88 Å². The molecule has 0 radical (unpaired) electrons. The molecule has 1 aromatic heterocycles. The molecule has 1 fully saturated rings. The Morgan fingerprint density at radius 2 is 1.95 bits per heavy atom. The molecule has 0 unspecified atom stereocenters. The fourth-order valence-corrected chi connectivity index (χ4v) is 3.43. The molecule has 2 aromatic rings. The van der Waals surface area contributed by atoms with Crippen molar-refractivity contribution >= 4 is 11.3 Å². The average molecular weight is 318 g/mol. The standard InChI is InChI=1S/C17H22N2O2S/c20-17(6-8-21-9-7-17)13-19(11-16-12-22-14-18-16)10-15-4-2-1-3-5-15/h1-5,12,14,20H,6-11,13H2. The molecule has 1 N–H and O–H groups in total. The first-order chi connectivity index (χ1) is 10.7. The van der Waals surface area contributed by atoms with Crippen LogP contribution in [0.5, 0.6) is 0 Å². The van der Waals surface area contributed by atoms with Crippen molar-refractivity contribution in [3.05, 3.63) is 52.5 Å². The van der Waals surface area contributed by atoms with Crippen LogP contribution in [-0.4, -0.2) is 40.3 Å². The molecule has 1 aromatic carbocycles. The van der Waals surface area contributed by atoms with Gasteiger partial charge in [0.25, 0.3) is 0 Å². The van der Waals surface area contributed by atoms with Gasteiger partial charge >= 0.3 is 0 Å². The van der Waals surface area contributed by atoms with E-state index >= 15 is 0 Å². The summed E-state index contributed by atoms with van der Waals surface area (Å²) in [6.45, 7) is 3.53. The van der Waals surface area contributed by atoms with E-state index in [1.807, 2.05) is 11.6 Å². The van der Waals surface area contributed by atoms with Crippen molar-refractivity contribution in [2.75, 3.05) is 19.8 Å². The number of rotatable bonds is 6. The summed E-state index contributed by atoms with van der Waals surface area (Å²) in [4.78, 5) is 6.67. The maximum Gasteiger partial charge on any atom is 0.0818 e. The molecule has 1 aliphatic heterocycles. The molecule has 0 aliphatic carbocycles. The van der Waals surface area contributed by atoms with Gasteiger partial charge in [-0.1, -0.05) is 30.3 Å². The Labute approximate surface area is 135 Å². The SMILES string of the molecule is OC1(CN(Cc2ccccc2)Cc2cscn2)CCOCC1. The zero-order chi connectivity index (χ0) is 15.3. The summed E-state index contributed by atoms with van der Waals surface area (Å²) in [5, 5.41) is 12.9. The van der Waals surface area contributed by atoms with Gasteiger partial charge in [0.2, 0.25) is 0 Å². The molecule has 118 valence electrons. The first-order valence-corrected chi connectivity index (χ1v) is 8.61. The molecule has 1 saturated heterocycles. The smallest absolute Gasteiger partial charge is 0.0818 e. The second-order valence-corrected chi connectivity index (χ2v) is 6.67. The average Bonchev–Trinajstić information content (AvgIpc) is 3.01. The Kier molecular flexibility index (Phi) is 5.20. The molecule has 0 spiro atoms. The Hall–Kier alpha value is -1.27. The van der Waals surface area contributed by atoms with E-state index in [-0.39, 0.29) is 0 Å². The van der Waals surface area contributed by atoms with Crippen LogP contribution in [0.1, 0.15) is 24.1 Å². The molecule has 0 saturated carbocycles. The summed E-state index contributed by atoms with van der Waals surface area (Å²) in [6, 6.07) is 10.4. The Bertz CT molecular complexity index is 553. The fraction of sp³-hybridized carbons (Fsp3) is 0.471. The predicted octanol–water partition coefficient (Wildman–Crippen LogP) is 2.69. The minimum atomic E-state index is -0.650. The number of aliphatic hydroxyl groups is 1. The summed E-state index contributed by atoms with van der Waals surface area (Å²) >= 11 is 1.61. The van der Waals surface area contributed by atoms with E-state index in [0.717, 1.165) is 18.8 Å². The van der Waals surface area contributed by atoms with E-state index in [0.29, 0.717) is 32.6 Å². The normalized spacial score (nSPS) is 17.7. The quantitative estimate of drug-likeness (QED) is 0.889. The van der Waals surface area contributed by atoms with Crippen molar-refractivity contribution in [2.45, 2.75) is 31.5 Å². The highest BCUT2D eigenvalue weighted by Gasteiger charge is 2.32. The van der Waals surface area contributed by atoms with E-state index in [2.05, 4.69) is 39.5 Å². The van der Waals surface area contributed by atoms with Crippen LogP contribution in [0.15, 0.2) is 41.2 Å². The van der Waals surface area contributed by atoms with Crippen molar-refractivity contribution in [1.29, 1.82) is 0 Å². The maximum atomic E-state index is 10.8. The molecule has 4 nitrogen and oxygen atoms in total. The van der Waals surface area contributed by atoms with Crippen LogP contribution < -0.4 is 0 Å². The zero-order valence-electron chi connectivity index (χ0n) is 12.6. The summed E-state index contributed by atoms with van der Waals surface area (Å²) < 4.78 is 5.38. The van der Waals surface area contributed by atoms with E-state index < -0.39 is 5.60 Å². The monoisotopic (exact) mass is 318 g/mol. The largest absolute Gasteiger partial charge is 0.388 e.